The summed E-state index contributed by atoms with van der Waals surface area (Å²) >= 11 is 0. The van der Waals surface area contributed by atoms with E-state index < -0.39 is 0 Å². The fraction of sp³-hybridized carbons (Fsp3) is 0. The molecule has 0 saturated carbocycles. The summed E-state index contributed by atoms with van der Waals surface area (Å²) < 4.78 is 4.97. The molecule has 0 atom stereocenters. The number of nitrogens with zero attached hydrogens (tertiary/aromatic N) is 1. The van der Waals surface area contributed by atoms with Gasteiger partial charge in [0.1, 0.15) is 0 Å². The molecule has 1 N–H and O–H groups in total. The highest BCUT2D eigenvalue weighted by Gasteiger charge is 2.05. The number of carbonyl (C=O) groups excluding carboxylic acids is 1. The molecule has 0 radical (unpaired) electrons. The van der Waals surface area contributed by atoms with Gasteiger partial charge in [0.2, 0.25) is 0 Å². The maximum absolute atomic E-state index is 11.6. The number of furan rings is 1. The average molecular weight is 264 g/mol. The lowest BCUT2D eigenvalue weighted by molar-refractivity contribution is 0.0927. The van der Waals surface area contributed by atoms with Crippen molar-refractivity contribution in [2.45, 2.75) is 0 Å². The minimum atomic E-state index is -0.368. The normalized spacial score (nSPS) is 11.0. The SMILES string of the molecule is O=C(N/N=C/c1ccc2ccccc2c1)c1ccco1. The Morgan fingerprint density at radius 3 is 2.70 bits per heavy atom. The minimum absolute atomic E-state index is 0.237. The van der Waals surface area contributed by atoms with Crippen molar-refractivity contribution in [2.75, 3.05) is 0 Å². The summed E-state index contributed by atoms with van der Waals surface area (Å²) in [6, 6.07) is 17.3. The number of hydrazone groups is 1. The van der Waals surface area contributed by atoms with Crippen molar-refractivity contribution < 1.29 is 9.21 Å². The first-order chi connectivity index (χ1) is 9.83. The molecule has 0 aliphatic carbocycles. The molecule has 4 heteroatoms. The molecule has 1 heterocycles. The molecular weight excluding hydrogens is 252 g/mol. The Morgan fingerprint density at radius 2 is 1.90 bits per heavy atom. The lowest BCUT2D eigenvalue weighted by Gasteiger charge is -1.99. The quantitative estimate of drug-likeness (QED) is 0.583. The molecule has 1 aromatic heterocycles. The first kappa shape index (κ1) is 12.2. The van der Waals surface area contributed by atoms with E-state index >= 15 is 0 Å². The first-order valence-corrected chi connectivity index (χ1v) is 6.19. The zero-order chi connectivity index (χ0) is 13.8. The lowest BCUT2D eigenvalue weighted by Crippen LogP contribution is -2.16. The zero-order valence-electron chi connectivity index (χ0n) is 10.6. The average Bonchev–Trinajstić information content (AvgIpc) is 3.01. The highest BCUT2D eigenvalue weighted by atomic mass is 16.3. The predicted molar refractivity (Wildman–Crippen MR) is 77.7 cm³/mol. The highest BCUT2D eigenvalue weighted by molar-refractivity contribution is 5.93. The van der Waals surface area contributed by atoms with E-state index in [1.807, 2.05) is 36.4 Å². The highest BCUT2D eigenvalue weighted by Crippen LogP contribution is 2.14. The molecule has 3 rings (SSSR count). The Bertz CT molecular complexity index is 761. The number of amides is 1. The molecular formula is C16H12N2O2. The topological polar surface area (TPSA) is 54.6 Å². The molecule has 98 valence electrons. The maximum atomic E-state index is 11.6. The van der Waals surface area contributed by atoms with Crippen molar-refractivity contribution in [1.29, 1.82) is 0 Å². The monoisotopic (exact) mass is 264 g/mol. The van der Waals surface area contributed by atoms with Crippen LogP contribution in [-0.4, -0.2) is 12.1 Å². The van der Waals surface area contributed by atoms with Crippen LogP contribution in [0.2, 0.25) is 0 Å². The molecule has 20 heavy (non-hydrogen) atoms. The van der Waals surface area contributed by atoms with Crippen molar-refractivity contribution >= 4 is 22.9 Å². The molecule has 0 aliphatic heterocycles. The van der Waals surface area contributed by atoms with Crippen molar-refractivity contribution in [3.8, 4) is 0 Å². The predicted octanol–water partition coefficient (Wildman–Crippen LogP) is 3.20. The molecule has 3 aromatic rings. The molecule has 0 fully saturated rings. The van der Waals surface area contributed by atoms with Gasteiger partial charge in [-0.05, 0) is 34.5 Å². The van der Waals surface area contributed by atoms with Gasteiger partial charge in [-0.25, -0.2) is 5.43 Å². The number of nitrogens with one attached hydrogen (secondary N) is 1. The van der Waals surface area contributed by atoms with E-state index in [1.165, 1.54) is 11.6 Å². The van der Waals surface area contributed by atoms with Gasteiger partial charge < -0.3 is 4.42 Å². The van der Waals surface area contributed by atoms with Crippen molar-refractivity contribution in [1.82, 2.24) is 5.43 Å². The lowest BCUT2D eigenvalue weighted by atomic mass is 10.1. The summed E-state index contributed by atoms with van der Waals surface area (Å²) in [4.78, 5) is 11.6. The second-order valence-electron chi connectivity index (χ2n) is 4.28. The number of fused-ring (bicyclic) bond motifs is 1. The van der Waals surface area contributed by atoms with Crippen molar-refractivity contribution in [2.24, 2.45) is 5.10 Å². The fourth-order valence-corrected chi connectivity index (χ4v) is 1.92. The molecule has 2 aromatic carbocycles. The minimum Gasteiger partial charge on any atom is -0.459 e. The van der Waals surface area contributed by atoms with Crippen molar-refractivity contribution in [3.05, 3.63) is 72.2 Å². The standard InChI is InChI=1S/C16H12N2O2/c19-16(15-6-3-9-20-15)18-17-11-12-7-8-13-4-1-2-5-14(13)10-12/h1-11H,(H,18,19)/b17-11+. The second kappa shape index (κ2) is 5.40. The van der Waals surface area contributed by atoms with E-state index in [4.69, 9.17) is 4.42 Å². The van der Waals surface area contributed by atoms with Crippen LogP contribution in [0.4, 0.5) is 0 Å². The number of hydrogen-bond acceptors (Lipinski definition) is 3. The Balaban J connectivity index is 1.72. The molecule has 1 amide bonds. The van der Waals surface area contributed by atoms with Gasteiger partial charge in [0.25, 0.3) is 0 Å². The Morgan fingerprint density at radius 1 is 1.05 bits per heavy atom. The van der Waals surface area contributed by atoms with Gasteiger partial charge in [-0.2, -0.15) is 5.10 Å². The van der Waals surface area contributed by atoms with Crippen LogP contribution in [0.1, 0.15) is 16.1 Å². The van der Waals surface area contributed by atoms with E-state index in [2.05, 4.69) is 16.6 Å². The van der Waals surface area contributed by atoms with Gasteiger partial charge in [0, 0.05) is 0 Å². The zero-order valence-corrected chi connectivity index (χ0v) is 10.6. The van der Waals surface area contributed by atoms with Crippen LogP contribution in [0, 0.1) is 0 Å². The number of carbonyl (C=O) groups is 1. The smallest absolute Gasteiger partial charge is 0.307 e. The Hall–Kier alpha value is -2.88. The van der Waals surface area contributed by atoms with E-state index in [9.17, 15) is 4.79 Å². The second-order valence-corrected chi connectivity index (χ2v) is 4.28. The van der Waals surface area contributed by atoms with E-state index in [1.54, 1.807) is 18.3 Å². The van der Waals surface area contributed by atoms with E-state index in [-0.39, 0.29) is 11.7 Å². The van der Waals surface area contributed by atoms with Crippen LogP contribution >= 0.6 is 0 Å². The van der Waals surface area contributed by atoms with Gasteiger partial charge in [-0.1, -0.05) is 36.4 Å². The van der Waals surface area contributed by atoms with Crippen LogP contribution in [0.3, 0.4) is 0 Å². The van der Waals surface area contributed by atoms with Crippen LogP contribution in [0.5, 0.6) is 0 Å². The van der Waals surface area contributed by atoms with Gasteiger partial charge in [-0.15, -0.1) is 0 Å². The van der Waals surface area contributed by atoms with Crippen molar-refractivity contribution in [3.63, 3.8) is 0 Å². The van der Waals surface area contributed by atoms with Crippen LogP contribution in [0.25, 0.3) is 10.8 Å². The summed E-state index contributed by atoms with van der Waals surface area (Å²) in [5, 5.41) is 6.22. The Kier molecular flexibility index (Phi) is 3.29. The summed E-state index contributed by atoms with van der Waals surface area (Å²) in [6.45, 7) is 0. The molecule has 0 bridgehead atoms. The van der Waals surface area contributed by atoms with Gasteiger partial charge in [0.05, 0.1) is 12.5 Å². The third kappa shape index (κ3) is 2.59. The fourth-order valence-electron chi connectivity index (χ4n) is 1.92. The molecule has 0 spiro atoms. The number of rotatable bonds is 3. The molecule has 0 unspecified atom stereocenters. The number of hydrogen-bond donors (Lipinski definition) is 1. The van der Waals surface area contributed by atoms with Gasteiger partial charge in [0.15, 0.2) is 5.76 Å². The molecule has 4 nitrogen and oxygen atoms in total. The number of benzene rings is 2. The first-order valence-electron chi connectivity index (χ1n) is 6.19. The third-order valence-electron chi connectivity index (χ3n) is 2.90. The molecule has 0 aliphatic rings. The summed E-state index contributed by atoms with van der Waals surface area (Å²) in [5.74, 6) is -0.132. The maximum Gasteiger partial charge on any atom is 0.307 e. The van der Waals surface area contributed by atoms with Crippen LogP contribution in [-0.2, 0) is 0 Å². The molecule has 0 saturated heterocycles. The van der Waals surface area contributed by atoms with Crippen LogP contribution in [0.15, 0.2) is 70.4 Å². The summed E-state index contributed by atoms with van der Waals surface area (Å²) in [6.07, 6.45) is 3.05. The third-order valence-corrected chi connectivity index (χ3v) is 2.90. The van der Waals surface area contributed by atoms with Crippen LogP contribution < -0.4 is 5.43 Å². The van der Waals surface area contributed by atoms with Gasteiger partial charge >= 0.3 is 5.91 Å². The van der Waals surface area contributed by atoms with E-state index in [0.717, 1.165) is 10.9 Å². The largest absolute Gasteiger partial charge is 0.459 e. The van der Waals surface area contributed by atoms with Gasteiger partial charge in [-0.3, -0.25) is 4.79 Å². The summed E-state index contributed by atoms with van der Waals surface area (Å²) in [5.41, 5.74) is 3.34. The van der Waals surface area contributed by atoms with E-state index in [0.29, 0.717) is 0 Å². The Labute approximate surface area is 115 Å². The summed E-state index contributed by atoms with van der Waals surface area (Å²) in [7, 11) is 0.